The van der Waals surface area contributed by atoms with E-state index in [9.17, 15) is 9.59 Å². The molecule has 0 spiro atoms. The SMILES string of the molecule is CCC(=O)N(N)C(OC(CC(=O)NC)c1cnc2ccccc2c1)c1cnc2ccccc2c1. The van der Waals surface area contributed by atoms with E-state index in [0.29, 0.717) is 11.1 Å². The normalized spacial score (nSPS) is 12.9. The summed E-state index contributed by atoms with van der Waals surface area (Å²) < 4.78 is 6.42. The summed E-state index contributed by atoms with van der Waals surface area (Å²) in [5.74, 6) is 5.74. The van der Waals surface area contributed by atoms with Crippen molar-refractivity contribution in [2.45, 2.75) is 32.1 Å². The molecule has 0 aliphatic heterocycles. The first-order valence-electron chi connectivity index (χ1n) is 11.1. The third-order valence-electron chi connectivity index (χ3n) is 5.67. The van der Waals surface area contributed by atoms with Crippen molar-refractivity contribution in [1.82, 2.24) is 20.3 Å². The first kappa shape index (κ1) is 23.3. The Hall–Kier alpha value is -3.88. The van der Waals surface area contributed by atoms with Crippen LogP contribution >= 0.6 is 0 Å². The molecule has 3 N–H and O–H groups in total. The highest BCUT2D eigenvalue weighted by molar-refractivity contribution is 5.81. The van der Waals surface area contributed by atoms with Gasteiger partial charge in [0.05, 0.1) is 23.6 Å². The van der Waals surface area contributed by atoms with Gasteiger partial charge in [-0.1, -0.05) is 43.3 Å². The van der Waals surface area contributed by atoms with Crippen LogP contribution in [0.5, 0.6) is 0 Å². The highest BCUT2D eigenvalue weighted by Gasteiger charge is 2.29. The molecule has 2 aromatic carbocycles. The second-order valence-electron chi connectivity index (χ2n) is 7.93. The molecule has 2 unspecified atom stereocenters. The molecule has 174 valence electrons. The second kappa shape index (κ2) is 10.4. The highest BCUT2D eigenvalue weighted by Crippen LogP contribution is 2.32. The van der Waals surface area contributed by atoms with E-state index < -0.39 is 12.3 Å². The average molecular weight is 458 g/mol. The summed E-state index contributed by atoms with van der Waals surface area (Å²) in [6.45, 7) is 1.73. The summed E-state index contributed by atoms with van der Waals surface area (Å²) in [6.07, 6.45) is 1.91. The van der Waals surface area contributed by atoms with E-state index in [1.54, 1.807) is 26.4 Å². The van der Waals surface area contributed by atoms with Crippen LogP contribution in [-0.4, -0.2) is 33.8 Å². The molecule has 0 saturated carbocycles. The summed E-state index contributed by atoms with van der Waals surface area (Å²) in [4.78, 5) is 34.0. The Bertz CT molecular complexity index is 1330. The van der Waals surface area contributed by atoms with Gasteiger partial charge in [0.15, 0.2) is 6.23 Å². The summed E-state index contributed by atoms with van der Waals surface area (Å²) >= 11 is 0. The van der Waals surface area contributed by atoms with E-state index in [2.05, 4.69) is 15.3 Å². The molecule has 8 nitrogen and oxygen atoms in total. The van der Waals surface area contributed by atoms with Crippen molar-refractivity contribution in [3.63, 3.8) is 0 Å². The molecule has 0 aliphatic rings. The van der Waals surface area contributed by atoms with Gasteiger partial charge in [-0.3, -0.25) is 19.6 Å². The van der Waals surface area contributed by atoms with Crippen LogP contribution in [0.25, 0.3) is 21.8 Å². The maximum atomic E-state index is 12.6. The van der Waals surface area contributed by atoms with Crippen molar-refractivity contribution >= 4 is 33.6 Å². The third-order valence-corrected chi connectivity index (χ3v) is 5.67. The zero-order valence-corrected chi connectivity index (χ0v) is 19.1. The Morgan fingerprint density at radius 1 is 0.971 bits per heavy atom. The maximum Gasteiger partial charge on any atom is 0.238 e. The number of carbonyl (C=O) groups is 2. The fraction of sp³-hybridized carbons (Fsp3) is 0.231. The van der Waals surface area contributed by atoms with Crippen LogP contribution in [0.2, 0.25) is 0 Å². The monoisotopic (exact) mass is 457 g/mol. The molecule has 4 rings (SSSR count). The topological polar surface area (TPSA) is 110 Å². The van der Waals surface area contributed by atoms with E-state index in [1.807, 2.05) is 60.7 Å². The Labute approximate surface area is 197 Å². The number of hydrazine groups is 1. The van der Waals surface area contributed by atoms with Gasteiger partial charge in [-0.25, -0.2) is 10.9 Å². The predicted octanol–water partition coefficient (Wildman–Crippen LogP) is 3.79. The van der Waals surface area contributed by atoms with Gasteiger partial charge >= 0.3 is 0 Å². The highest BCUT2D eigenvalue weighted by atomic mass is 16.5. The number of fused-ring (bicyclic) bond motifs is 2. The van der Waals surface area contributed by atoms with E-state index in [-0.39, 0.29) is 24.7 Å². The number of benzene rings is 2. The molecule has 0 aliphatic carbocycles. The fourth-order valence-electron chi connectivity index (χ4n) is 3.78. The molecule has 8 heteroatoms. The maximum absolute atomic E-state index is 12.6. The van der Waals surface area contributed by atoms with Crippen molar-refractivity contribution in [2.24, 2.45) is 5.84 Å². The zero-order chi connectivity index (χ0) is 24.1. The molecule has 2 heterocycles. The second-order valence-corrected chi connectivity index (χ2v) is 7.93. The van der Waals surface area contributed by atoms with Gasteiger partial charge in [0, 0.05) is 47.8 Å². The van der Waals surface area contributed by atoms with Crippen LogP contribution in [0.15, 0.2) is 73.1 Å². The van der Waals surface area contributed by atoms with Crippen LogP contribution in [0.1, 0.15) is 43.2 Å². The van der Waals surface area contributed by atoms with Gasteiger partial charge in [-0.15, -0.1) is 0 Å². The number of rotatable bonds is 8. The van der Waals surface area contributed by atoms with Gasteiger partial charge in [0.2, 0.25) is 11.8 Å². The van der Waals surface area contributed by atoms with Gasteiger partial charge in [-0.2, -0.15) is 0 Å². The number of nitrogens with one attached hydrogen (secondary N) is 1. The van der Waals surface area contributed by atoms with E-state index >= 15 is 0 Å². The summed E-state index contributed by atoms with van der Waals surface area (Å²) in [6, 6.07) is 19.2. The minimum absolute atomic E-state index is 0.0299. The van der Waals surface area contributed by atoms with Crippen LogP contribution in [0.3, 0.4) is 0 Å². The molecular weight excluding hydrogens is 430 g/mol. The summed E-state index contributed by atoms with van der Waals surface area (Å²) in [5, 5.41) is 5.52. The van der Waals surface area contributed by atoms with Gasteiger partial charge < -0.3 is 10.1 Å². The average Bonchev–Trinajstić information content (AvgIpc) is 2.89. The van der Waals surface area contributed by atoms with Crippen molar-refractivity contribution < 1.29 is 14.3 Å². The van der Waals surface area contributed by atoms with E-state index in [1.165, 1.54) is 0 Å². The Kier molecular flexibility index (Phi) is 7.10. The van der Waals surface area contributed by atoms with Crippen molar-refractivity contribution in [3.05, 3.63) is 84.2 Å². The Morgan fingerprint density at radius 3 is 2.12 bits per heavy atom. The Balaban J connectivity index is 1.76. The number of para-hydroxylation sites is 2. The molecule has 0 fully saturated rings. The molecule has 2 atom stereocenters. The molecule has 0 bridgehead atoms. The summed E-state index contributed by atoms with van der Waals surface area (Å²) in [5.41, 5.74) is 2.97. The molecule has 2 amide bonds. The number of carbonyl (C=O) groups excluding carboxylic acids is 2. The molecule has 4 aromatic rings. The number of nitrogens with two attached hydrogens (primary N) is 1. The number of ether oxygens (including phenoxy) is 1. The lowest BCUT2D eigenvalue weighted by molar-refractivity contribution is -0.157. The number of nitrogens with zero attached hydrogens (tertiary/aromatic N) is 3. The largest absolute Gasteiger partial charge is 0.359 e. The Morgan fingerprint density at radius 2 is 1.53 bits per heavy atom. The van der Waals surface area contributed by atoms with Gasteiger partial charge in [0.1, 0.15) is 0 Å². The standard InChI is InChI=1S/C26H27N5O3/c1-3-25(33)31(27)26(20-13-18-9-5-7-11-22(18)30-16-20)34-23(14-24(32)28-2)19-12-17-8-4-6-10-21(17)29-15-19/h4-13,15-16,23,26H,3,14,27H2,1-2H3,(H,28,32). The van der Waals surface area contributed by atoms with Crippen molar-refractivity contribution in [2.75, 3.05) is 7.05 Å². The molecular formula is C26H27N5O3. The first-order chi connectivity index (χ1) is 16.5. The van der Waals surface area contributed by atoms with E-state index in [0.717, 1.165) is 26.8 Å². The van der Waals surface area contributed by atoms with Crippen molar-refractivity contribution in [1.29, 1.82) is 0 Å². The fourth-order valence-corrected chi connectivity index (χ4v) is 3.78. The van der Waals surface area contributed by atoms with Gasteiger partial charge in [0.25, 0.3) is 0 Å². The quantitative estimate of drug-likeness (QED) is 0.180. The summed E-state index contributed by atoms with van der Waals surface area (Å²) in [7, 11) is 1.57. The third kappa shape index (κ3) is 5.03. The first-order valence-corrected chi connectivity index (χ1v) is 11.1. The number of amides is 2. The lowest BCUT2D eigenvalue weighted by Crippen LogP contribution is -2.42. The van der Waals surface area contributed by atoms with Crippen LogP contribution < -0.4 is 11.2 Å². The molecule has 0 radical (unpaired) electrons. The minimum atomic E-state index is -0.953. The molecule has 34 heavy (non-hydrogen) atoms. The van der Waals surface area contributed by atoms with Gasteiger partial charge in [-0.05, 0) is 24.3 Å². The van der Waals surface area contributed by atoms with Crippen LogP contribution in [0.4, 0.5) is 0 Å². The number of hydrogen-bond donors (Lipinski definition) is 2. The van der Waals surface area contributed by atoms with Crippen LogP contribution in [0, 0.1) is 0 Å². The van der Waals surface area contributed by atoms with E-state index in [4.69, 9.17) is 10.6 Å². The lowest BCUT2D eigenvalue weighted by atomic mass is 10.0. The smallest absolute Gasteiger partial charge is 0.238 e. The van der Waals surface area contributed by atoms with Crippen LogP contribution in [-0.2, 0) is 14.3 Å². The minimum Gasteiger partial charge on any atom is -0.359 e. The number of aromatic nitrogens is 2. The molecule has 0 saturated heterocycles. The molecule has 2 aromatic heterocycles. The lowest BCUT2D eigenvalue weighted by Gasteiger charge is -2.31. The number of hydrogen-bond acceptors (Lipinski definition) is 6. The predicted molar refractivity (Wildman–Crippen MR) is 130 cm³/mol. The zero-order valence-electron chi connectivity index (χ0n) is 19.1. The van der Waals surface area contributed by atoms with Crippen molar-refractivity contribution in [3.8, 4) is 0 Å². The number of pyridine rings is 2.